The van der Waals surface area contributed by atoms with E-state index >= 15 is 0 Å². The van der Waals surface area contributed by atoms with E-state index in [1.807, 2.05) is 49.9 Å². The van der Waals surface area contributed by atoms with E-state index in [2.05, 4.69) is 50.2 Å². The molecule has 0 aliphatic heterocycles. The maximum Gasteiger partial charge on any atom is 0.304 e. The topological polar surface area (TPSA) is 57.5 Å². The summed E-state index contributed by atoms with van der Waals surface area (Å²) >= 11 is 3.58. The number of benzene rings is 2. The van der Waals surface area contributed by atoms with Crippen molar-refractivity contribution in [2.45, 2.75) is 61.5 Å². The van der Waals surface area contributed by atoms with E-state index in [-0.39, 0.29) is 22.5 Å². The summed E-state index contributed by atoms with van der Waals surface area (Å²) in [4.78, 5) is 10.6. The summed E-state index contributed by atoms with van der Waals surface area (Å²) in [6, 6.07) is 20.5. The summed E-state index contributed by atoms with van der Waals surface area (Å²) in [5.74, 6) is 1.15. The van der Waals surface area contributed by atoms with Gasteiger partial charge in [-0.15, -0.1) is 0 Å². The second kappa shape index (κ2) is 13.0. The van der Waals surface area contributed by atoms with Crippen LogP contribution in [0.2, 0.25) is 0 Å². The zero-order valence-electron chi connectivity index (χ0n) is 17.9. The van der Waals surface area contributed by atoms with Crippen LogP contribution in [-0.2, 0) is 16.3 Å². The molecule has 0 aliphatic rings. The highest BCUT2D eigenvalue weighted by molar-refractivity contribution is 8.00. The molecule has 0 radical (unpaired) electrons. The van der Waals surface area contributed by atoms with E-state index in [9.17, 15) is 4.79 Å². The van der Waals surface area contributed by atoms with Crippen molar-refractivity contribution >= 4 is 29.5 Å². The second-order valence-corrected chi connectivity index (χ2v) is 11.5. The smallest absolute Gasteiger partial charge is 0.304 e. The minimum atomic E-state index is -0.736. The Morgan fingerprint density at radius 2 is 1.21 bits per heavy atom. The van der Waals surface area contributed by atoms with Gasteiger partial charge in [-0.2, -0.15) is 23.5 Å². The number of carboxylic acid groups (broad SMARTS) is 1. The molecule has 0 bridgehead atoms. The molecule has 0 saturated carbocycles. The van der Waals surface area contributed by atoms with Crippen molar-refractivity contribution in [2.24, 2.45) is 0 Å². The molecular formula is C24H34O3S2. The average Bonchev–Trinajstić information content (AvgIpc) is 2.66. The molecule has 0 fully saturated rings. The number of hydrogen-bond donors (Lipinski definition) is 2. The van der Waals surface area contributed by atoms with E-state index in [0.29, 0.717) is 0 Å². The minimum Gasteiger partial charge on any atom is -0.481 e. The van der Waals surface area contributed by atoms with Crippen molar-refractivity contribution < 1.29 is 15.0 Å². The maximum absolute atomic E-state index is 10.6. The Bertz CT molecular complexity index is 701. The fourth-order valence-corrected chi connectivity index (χ4v) is 4.42. The molecule has 0 saturated heterocycles. The predicted molar refractivity (Wildman–Crippen MR) is 128 cm³/mol. The van der Waals surface area contributed by atoms with Gasteiger partial charge in [0.05, 0.1) is 6.42 Å². The Labute approximate surface area is 184 Å². The first kappa shape index (κ1) is 25.6. The first-order valence-electron chi connectivity index (χ1n) is 9.82. The summed E-state index contributed by atoms with van der Waals surface area (Å²) in [6.07, 6.45) is 1.05. The molecule has 160 valence electrons. The fraction of sp³-hybridized carbons (Fsp3) is 0.458. The van der Waals surface area contributed by atoms with Gasteiger partial charge in [0, 0.05) is 27.6 Å². The number of aliphatic hydroxyl groups excluding tert-OH is 1. The second-order valence-electron chi connectivity index (χ2n) is 8.11. The van der Waals surface area contributed by atoms with Crippen molar-refractivity contribution in [3.8, 4) is 0 Å². The van der Waals surface area contributed by atoms with Crippen LogP contribution in [0, 0.1) is 0 Å². The van der Waals surface area contributed by atoms with Crippen molar-refractivity contribution in [2.75, 3.05) is 6.61 Å². The molecule has 0 spiro atoms. The van der Waals surface area contributed by atoms with Crippen molar-refractivity contribution in [3.05, 3.63) is 71.8 Å². The summed E-state index contributed by atoms with van der Waals surface area (Å²) < 4.78 is -0.0355. The Kier molecular flexibility index (Phi) is 11.5. The average molecular weight is 435 g/mol. The molecule has 0 atom stereocenters. The largest absolute Gasteiger partial charge is 0.481 e. The van der Waals surface area contributed by atoms with Gasteiger partial charge in [-0.1, -0.05) is 88.4 Å². The van der Waals surface area contributed by atoms with Crippen LogP contribution in [0.5, 0.6) is 0 Å². The highest BCUT2D eigenvalue weighted by atomic mass is 32.2. The van der Waals surface area contributed by atoms with Crippen molar-refractivity contribution in [3.63, 3.8) is 0 Å². The van der Waals surface area contributed by atoms with Crippen molar-refractivity contribution in [1.82, 2.24) is 0 Å². The van der Waals surface area contributed by atoms with E-state index in [0.717, 1.165) is 17.9 Å². The van der Waals surface area contributed by atoms with Gasteiger partial charge in [-0.25, -0.2) is 0 Å². The molecule has 0 unspecified atom stereocenters. The molecule has 0 aliphatic carbocycles. The van der Waals surface area contributed by atoms with Gasteiger partial charge in [-0.3, -0.25) is 4.79 Å². The third-order valence-corrected chi connectivity index (χ3v) is 7.10. The number of aliphatic hydroxyl groups is 1. The standard InChI is InChI=1S/C12H16O2S.C12H18OS/c1-12(2,8-11(13)14)15-9-10-6-4-3-5-7-10;1-12(2,8-9-13)14-10-11-6-4-3-5-7-11/h3-7H,8-9H2,1-2H3,(H,13,14);3-7,13H,8-10H2,1-2H3. The Morgan fingerprint density at radius 1 is 0.793 bits per heavy atom. The lowest BCUT2D eigenvalue weighted by Crippen LogP contribution is -2.19. The van der Waals surface area contributed by atoms with Crippen LogP contribution in [0.25, 0.3) is 0 Å². The molecule has 0 aromatic heterocycles. The first-order valence-corrected chi connectivity index (χ1v) is 11.8. The molecule has 0 amide bonds. The van der Waals surface area contributed by atoms with E-state index in [1.165, 1.54) is 11.1 Å². The number of thioether (sulfide) groups is 2. The van der Waals surface area contributed by atoms with E-state index < -0.39 is 5.97 Å². The van der Waals surface area contributed by atoms with Gasteiger partial charge in [0.25, 0.3) is 0 Å². The lowest BCUT2D eigenvalue weighted by molar-refractivity contribution is -0.137. The van der Waals surface area contributed by atoms with Gasteiger partial charge in [-0.05, 0) is 17.5 Å². The van der Waals surface area contributed by atoms with Gasteiger partial charge >= 0.3 is 5.97 Å². The molecule has 29 heavy (non-hydrogen) atoms. The van der Waals surface area contributed by atoms with Crippen LogP contribution in [0.3, 0.4) is 0 Å². The molecule has 0 heterocycles. The van der Waals surface area contributed by atoms with Gasteiger partial charge < -0.3 is 10.2 Å². The number of rotatable bonds is 10. The molecule has 5 heteroatoms. The fourth-order valence-electron chi connectivity index (χ4n) is 2.46. The number of aliphatic carboxylic acids is 1. The third kappa shape index (κ3) is 12.7. The SMILES string of the molecule is CC(C)(CC(=O)O)SCc1ccccc1.CC(C)(CCO)SCc1ccccc1. The third-order valence-electron chi connectivity index (χ3n) is 4.24. The molecule has 2 N–H and O–H groups in total. The quantitative estimate of drug-likeness (QED) is 0.462. The van der Waals surface area contributed by atoms with E-state index in [4.69, 9.17) is 10.2 Å². The molecule has 2 aromatic carbocycles. The zero-order chi connectivity index (χ0) is 21.8. The van der Waals surface area contributed by atoms with Crippen LogP contribution in [-0.4, -0.2) is 32.3 Å². The Balaban J connectivity index is 0.000000291. The molecule has 2 rings (SSSR count). The molecular weight excluding hydrogens is 400 g/mol. The van der Waals surface area contributed by atoms with Crippen LogP contribution in [0.4, 0.5) is 0 Å². The lowest BCUT2D eigenvalue weighted by atomic mass is 10.1. The lowest BCUT2D eigenvalue weighted by Gasteiger charge is -2.22. The summed E-state index contributed by atoms with van der Waals surface area (Å²) in [5.41, 5.74) is 2.59. The van der Waals surface area contributed by atoms with Gasteiger partial charge in [0.2, 0.25) is 0 Å². The van der Waals surface area contributed by atoms with Gasteiger partial charge in [0.15, 0.2) is 0 Å². The number of carboxylic acids is 1. The van der Waals surface area contributed by atoms with Crippen LogP contribution < -0.4 is 0 Å². The van der Waals surface area contributed by atoms with Crippen LogP contribution in [0.1, 0.15) is 51.7 Å². The first-order chi connectivity index (χ1) is 13.6. The molecule has 3 nitrogen and oxygen atoms in total. The number of hydrogen-bond acceptors (Lipinski definition) is 4. The Morgan fingerprint density at radius 3 is 1.59 bits per heavy atom. The summed E-state index contributed by atoms with van der Waals surface area (Å²) in [5, 5.41) is 17.6. The summed E-state index contributed by atoms with van der Waals surface area (Å²) in [7, 11) is 0. The van der Waals surface area contributed by atoms with E-state index in [1.54, 1.807) is 11.8 Å². The summed E-state index contributed by atoms with van der Waals surface area (Å²) in [6.45, 7) is 8.56. The highest BCUT2D eigenvalue weighted by Crippen LogP contribution is 2.31. The van der Waals surface area contributed by atoms with Gasteiger partial charge in [0.1, 0.15) is 0 Å². The molecule has 2 aromatic rings. The maximum atomic E-state index is 10.6. The van der Waals surface area contributed by atoms with Crippen LogP contribution in [0.15, 0.2) is 60.7 Å². The zero-order valence-corrected chi connectivity index (χ0v) is 19.6. The highest BCUT2D eigenvalue weighted by Gasteiger charge is 2.22. The monoisotopic (exact) mass is 434 g/mol. The minimum absolute atomic E-state index is 0.171. The van der Waals surface area contributed by atoms with Crippen molar-refractivity contribution in [1.29, 1.82) is 0 Å². The normalized spacial score (nSPS) is 11.5. The Hall–Kier alpha value is -1.43. The predicted octanol–water partition coefficient (Wildman–Crippen LogP) is 6.25. The number of carbonyl (C=O) groups is 1. The van der Waals surface area contributed by atoms with Crippen LogP contribution >= 0.6 is 23.5 Å².